The Bertz CT molecular complexity index is 914. The molecule has 1 aliphatic heterocycles. The lowest BCUT2D eigenvalue weighted by molar-refractivity contribution is 0.121. The number of imidazole rings is 1. The lowest BCUT2D eigenvalue weighted by Crippen LogP contribution is -2.45. The Morgan fingerprint density at radius 1 is 1.04 bits per heavy atom. The van der Waals surface area contributed by atoms with Crippen molar-refractivity contribution in [1.29, 1.82) is 0 Å². The molecule has 0 radical (unpaired) electrons. The van der Waals surface area contributed by atoms with Gasteiger partial charge in [-0.05, 0) is 36.2 Å². The first kappa shape index (κ1) is 17.3. The number of rotatable bonds is 4. The van der Waals surface area contributed by atoms with Crippen LogP contribution in [0.15, 0.2) is 36.8 Å². The van der Waals surface area contributed by atoms with Crippen molar-refractivity contribution >= 4 is 23.1 Å². The van der Waals surface area contributed by atoms with Crippen molar-refractivity contribution in [2.24, 2.45) is 0 Å². The van der Waals surface area contributed by atoms with Gasteiger partial charge in [-0.15, -0.1) is 0 Å². The fourth-order valence-electron chi connectivity index (χ4n) is 3.43. The van der Waals surface area contributed by atoms with Crippen LogP contribution in [-0.4, -0.2) is 50.3 Å². The summed E-state index contributed by atoms with van der Waals surface area (Å²) in [6.45, 7) is 8.00. The highest BCUT2D eigenvalue weighted by Crippen LogP contribution is 2.17. The van der Waals surface area contributed by atoms with Crippen molar-refractivity contribution < 1.29 is 0 Å². The minimum absolute atomic E-state index is 0.632. The van der Waals surface area contributed by atoms with Crippen LogP contribution in [0.2, 0.25) is 5.02 Å². The van der Waals surface area contributed by atoms with E-state index in [1.165, 1.54) is 5.56 Å². The van der Waals surface area contributed by atoms with Gasteiger partial charge in [0.15, 0.2) is 0 Å². The monoisotopic (exact) mass is 370 g/mol. The third kappa shape index (κ3) is 3.67. The van der Waals surface area contributed by atoms with Crippen molar-refractivity contribution in [3.8, 4) is 0 Å². The predicted octanol–water partition coefficient (Wildman–Crippen LogP) is 2.59. The Balaban J connectivity index is 1.35. The zero-order chi connectivity index (χ0) is 18.1. The zero-order valence-corrected chi connectivity index (χ0v) is 15.7. The van der Waals surface area contributed by atoms with E-state index in [9.17, 15) is 0 Å². The second kappa shape index (κ2) is 7.23. The molecule has 0 saturated carbocycles. The molecule has 0 spiro atoms. The van der Waals surface area contributed by atoms with Gasteiger partial charge in [0.1, 0.15) is 11.5 Å². The second-order valence-electron chi connectivity index (χ2n) is 6.88. The molecular weight excluding hydrogens is 348 g/mol. The quantitative estimate of drug-likeness (QED) is 0.764. The van der Waals surface area contributed by atoms with E-state index < -0.39 is 0 Å². The summed E-state index contributed by atoms with van der Waals surface area (Å²) in [5, 5.41) is 0.724. The number of nitrogen functional groups attached to an aromatic ring is 1. The summed E-state index contributed by atoms with van der Waals surface area (Å²) < 4.78 is 1.99. The molecule has 0 bridgehead atoms. The number of aromatic nitrogens is 3. The van der Waals surface area contributed by atoms with E-state index in [2.05, 4.69) is 32.0 Å². The lowest BCUT2D eigenvalue weighted by atomic mass is 10.1. The molecule has 2 N–H and O–H groups in total. The average molecular weight is 371 g/mol. The molecule has 0 unspecified atom stereocenters. The summed E-state index contributed by atoms with van der Waals surface area (Å²) in [6.07, 6.45) is 5.76. The summed E-state index contributed by atoms with van der Waals surface area (Å²) in [5.41, 5.74) is 10.3. The average Bonchev–Trinajstić information content (AvgIpc) is 3.02. The van der Waals surface area contributed by atoms with Gasteiger partial charge in [0, 0.05) is 57.9 Å². The van der Waals surface area contributed by atoms with Gasteiger partial charge in [-0.2, -0.15) is 0 Å². The van der Waals surface area contributed by atoms with Gasteiger partial charge in [0.2, 0.25) is 0 Å². The first-order valence-electron chi connectivity index (χ1n) is 8.86. The lowest BCUT2D eigenvalue weighted by Gasteiger charge is -2.34. The predicted molar refractivity (Wildman–Crippen MR) is 104 cm³/mol. The van der Waals surface area contributed by atoms with Crippen molar-refractivity contribution in [3.05, 3.63) is 58.6 Å². The first-order valence-corrected chi connectivity index (χ1v) is 9.24. The summed E-state index contributed by atoms with van der Waals surface area (Å²) in [4.78, 5) is 13.8. The van der Waals surface area contributed by atoms with Crippen LogP contribution in [0.25, 0.3) is 5.65 Å². The number of piperazine rings is 1. The molecule has 0 aliphatic carbocycles. The summed E-state index contributed by atoms with van der Waals surface area (Å²) in [5.74, 6) is 0.632. The summed E-state index contributed by atoms with van der Waals surface area (Å²) >= 11 is 6.05. The first-order chi connectivity index (χ1) is 12.6. The van der Waals surface area contributed by atoms with Gasteiger partial charge in [-0.25, -0.2) is 9.97 Å². The standard InChI is InChI=1S/C19H23ClN6/c1-14-15(4-5-22-19(14)21)10-24-6-8-25(9-7-24)12-17-13-26-11-16(20)2-3-18(26)23-17/h2-5,11,13H,6-10,12H2,1H3,(H2,21,22). The van der Waals surface area contributed by atoms with Crippen molar-refractivity contribution in [2.45, 2.75) is 20.0 Å². The van der Waals surface area contributed by atoms with Crippen LogP contribution in [-0.2, 0) is 13.1 Å². The fraction of sp³-hybridized carbons (Fsp3) is 0.368. The van der Waals surface area contributed by atoms with Gasteiger partial charge in [-0.1, -0.05) is 11.6 Å². The van der Waals surface area contributed by atoms with Crippen LogP contribution in [0.5, 0.6) is 0 Å². The maximum absolute atomic E-state index is 6.05. The van der Waals surface area contributed by atoms with E-state index in [0.29, 0.717) is 5.82 Å². The highest BCUT2D eigenvalue weighted by Gasteiger charge is 2.19. The van der Waals surface area contributed by atoms with E-state index in [4.69, 9.17) is 17.3 Å². The SMILES string of the molecule is Cc1c(CN2CCN(Cc3cn4cc(Cl)ccc4n3)CC2)ccnc1N. The number of anilines is 1. The number of hydrogen-bond acceptors (Lipinski definition) is 5. The molecule has 0 atom stereocenters. The molecule has 0 aromatic carbocycles. The minimum Gasteiger partial charge on any atom is -0.383 e. The molecule has 7 heteroatoms. The number of nitrogens with two attached hydrogens (primary N) is 1. The van der Waals surface area contributed by atoms with Crippen LogP contribution >= 0.6 is 11.6 Å². The number of fused-ring (bicyclic) bond motifs is 1. The van der Waals surface area contributed by atoms with E-state index in [1.54, 1.807) is 6.20 Å². The fourth-order valence-corrected chi connectivity index (χ4v) is 3.60. The molecular formula is C19H23ClN6. The van der Waals surface area contributed by atoms with E-state index >= 15 is 0 Å². The Morgan fingerprint density at radius 2 is 1.77 bits per heavy atom. The number of pyridine rings is 2. The smallest absolute Gasteiger partial charge is 0.137 e. The van der Waals surface area contributed by atoms with Crippen molar-refractivity contribution in [2.75, 3.05) is 31.9 Å². The third-order valence-electron chi connectivity index (χ3n) is 5.06. The van der Waals surface area contributed by atoms with E-state index in [0.717, 1.165) is 61.2 Å². The van der Waals surface area contributed by atoms with Crippen molar-refractivity contribution in [1.82, 2.24) is 24.2 Å². The summed E-state index contributed by atoms with van der Waals surface area (Å²) in [7, 11) is 0. The highest BCUT2D eigenvalue weighted by atomic mass is 35.5. The zero-order valence-electron chi connectivity index (χ0n) is 14.9. The molecule has 3 aromatic heterocycles. The molecule has 26 heavy (non-hydrogen) atoms. The van der Waals surface area contributed by atoms with Gasteiger partial charge < -0.3 is 10.1 Å². The Hall–Kier alpha value is -2.15. The normalized spacial score (nSPS) is 16.4. The minimum atomic E-state index is 0.632. The molecule has 4 rings (SSSR count). The molecule has 0 amide bonds. The Morgan fingerprint density at radius 3 is 2.54 bits per heavy atom. The number of halogens is 1. The van der Waals surface area contributed by atoms with E-state index in [-0.39, 0.29) is 0 Å². The van der Waals surface area contributed by atoms with Crippen LogP contribution < -0.4 is 5.73 Å². The Kier molecular flexibility index (Phi) is 4.80. The largest absolute Gasteiger partial charge is 0.383 e. The third-order valence-corrected chi connectivity index (χ3v) is 5.29. The van der Waals surface area contributed by atoms with Gasteiger partial charge >= 0.3 is 0 Å². The van der Waals surface area contributed by atoms with Crippen molar-refractivity contribution in [3.63, 3.8) is 0 Å². The maximum Gasteiger partial charge on any atom is 0.137 e. The summed E-state index contributed by atoms with van der Waals surface area (Å²) in [6, 6.07) is 5.90. The van der Waals surface area contributed by atoms with E-state index in [1.807, 2.05) is 29.7 Å². The van der Waals surface area contributed by atoms with Gasteiger partial charge in [0.25, 0.3) is 0 Å². The van der Waals surface area contributed by atoms with Crippen LogP contribution in [0.3, 0.4) is 0 Å². The topological polar surface area (TPSA) is 62.7 Å². The number of nitrogens with zero attached hydrogens (tertiary/aromatic N) is 5. The van der Waals surface area contributed by atoms with Gasteiger partial charge in [-0.3, -0.25) is 9.80 Å². The van der Waals surface area contributed by atoms with Crippen LogP contribution in [0.4, 0.5) is 5.82 Å². The van der Waals surface area contributed by atoms with Crippen LogP contribution in [0, 0.1) is 6.92 Å². The Labute approximate surface area is 158 Å². The molecule has 4 heterocycles. The molecule has 136 valence electrons. The maximum atomic E-state index is 6.05. The van der Waals surface area contributed by atoms with Gasteiger partial charge in [0.05, 0.1) is 10.7 Å². The number of hydrogen-bond donors (Lipinski definition) is 1. The second-order valence-corrected chi connectivity index (χ2v) is 7.31. The molecule has 1 aliphatic rings. The molecule has 3 aromatic rings. The highest BCUT2D eigenvalue weighted by molar-refractivity contribution is 6.30. The molecule has 1 saturated heterocycles. The molecule has 6 nitrogen and oxygen atoms in total. The van der Waals surface area contributed by atoms with Crippen LogP contribution in [0.1, 0.15) is 16.8 Å². The molecule has 1 fully saturated rings.